The summed E-state index contributed by atoms with van der Waals surface area (Å²) in [7, 11) is 0. The molecule has 0 aliphatic heterocycles. The van der Waals surface area contributed by atoms with Crippen molar-refractivity contribution in [3.8, 4) is 11.6 Å². The second-order valence-corrected chi connectivity index (χ2v) is 4.31. The fourth-order valence-electron chi connectivity index (χ4n) is 1.81. The molecule has 1 aromatic heterocycles. The lowest BCUT2D eigenvalue weighted by Gasteiger charge is -2.13. The second kappa shape index (κ2) is 5.65. The van der Waals surface area contributed by atoms with Gasteiger partial charge in [0, 0.05) is 18.3 Å². The summed E-state index contributed by atoms with van der Waals surface area (Å²) in [6.07, 6.45) is 2.71. The first-order valence-electron chi connectivity index (χ1n) is 6.15. The van der Waals surface area contributed by atoms with E-state index in [2.05, 4.69) is 11.9 Å². The molecule has 94 valence electrons. The minimum atomic E-state index is 0.0447. The van der Waals surface area contributed by atoms with Gasteiger partial charge in [-0.15, -0.1) is 0 Å². The fraction of sp³-hybridized carbons (Fsp3) is 0.267. The van der Waals surface area contributed by atoms with Gasteiger partial charge in [-0.3, -0.25) is 0 Å². The van der Waals surface area contributed by atoms with Crippen molar-refractivity contribution >= 4 is 0 Å². The van der Waals surface area contributed by atoms with Crippen molar-refractivity contribution < 1.29 is 4.74 Å². The monoisotopic (exact) mass is 242 g/mol. The van der Waals surface area contributed by atoms with Gasteiger partial charge in [-0.1, -0.05) is 25.1 Å². The fourth-order valence-corrected chi connectivity index (χ4v) is 1.81. The van der Waals surface area contributed by atoms with Crippen LogP contribution in [0.5, 0.6) is 11.6 Å². The molecule has 18 heavy (non-hydrogen) atoms. The molecule has 0 saturated heterocycles. The Balaban J connectivity index is 2.19. The van der Waals surface area contributed by atoms with Crippen LogP contribution in [0.2, 0.25) is 0 Å². The van der Waals surface area contributed by atoms with E-state index >= 15 is 0 Å². The highest BCUT2D eigenvalue weighted by Gasteiger charge is 2.09. The molecule has 0 spiro atoms. The molecule has 0 amide bonds. The van der Waals surface area contributed by atoms with Crippen molar-refractivity contribution in [2.75, 3.05) is 0 Å². The predicted molar refractivity (Wildman–Crippen MR) is 72.7 cm³/mol. The molecule has 0 radical (unpaired) electrons. The van der Waals surface area contributed by atoms with Gasteiger partial charge in [0.2, 0.25) is 5.88 Å². The van der Waals surface area contributed by atoms with E-state index in [-0.39, 0.29) is 6.04 Å². The Kier molecular flexibility index (Phi) is 3.95. The molecule has 1 aromatic carbocycles. The highest BCUT2D eigenvalue weighted by molar-refractivity contribution is 5.33. The van der Waals surface area contributed by atoms with Crippen LogP contribution in [0.25, 0.3) is 0 Å². The maximum atomic E-state index is 6.02. The van der Waals surface area contributed by atoms with Crippen molar-refractivity contribution in [2.45, 2.75) is 26.3 Å². The Labute approximate surface area is 108 Å². The number of nitrogens with two attached hydrogens (primary N) is 1. The average molecular weight is 242 g/mol. The number of hydrogen-bond donors (Lipinski definition) is 1. The molecule has 2 rings (SSSR count). The normalized spacial score (nSPS) is 12.2. The smallest absolute Gasteiger partial charge is 0.219 e. The van der Waals surface area contributed by atoms with E-state index in [4.69, 9.17) is 10.5 Å². The Morgan fingerprint density at radius 2 is 2.00 bits per heavy atom. The molecule has 2 N–H and O–H groups in total. The highest BCUT2D eigenvalue weighted by Crippen LogP contribution is 2.24. The number of aryl methyl sites for hydroxylation is 1. The summed E-state index contributed by atoms with van der Waals surface area (Å²) in [6.45, 7) is 4.10. The molecule has 0 aliphatic carbocycles. The van der Waals surface area contributed by atoms with Gasteiger partial charge in [-0.05, 0) is 36.6 Å². The van der Waals surface area contributed by atoms with Gasteiger partial charge in [0.25, 0.3) is 0 Å². The van der Waals surface area contributed by atoms with Crippen LogP contribution >= 0.6 is 0 Å². The van der Waals surface area contributed by atoms with Gasteiger partial charge >= 0.3 is 0 Å². The maximum Gasteiger partial charge on any atom is 0.219 e. The number of ether oxygens (including phenoxy) is 1. The predicted octanol–water partition coefficient (Wildman–Crippen LogP) is 3.59. The first-order chi connectivity index (χ1) is 8.70. The summed E-state index contributed by atoms with van der Waals surface area (Å²) in [4.78, 5) is 4.30. The van der Waals surface area contributed by atoms with Gasteiger partial charge in [0.15, 0.2) is 0 Å². The minimum absolute atomic E-state index is 0.0447. The van der Waals surface area contributed by atoms with Crippen molar-refractivity contribution in [2.24, 2.45) is 5.73 Å². The van der Waals surface area contributed by atoms with Gasteiger partial charge in [0.1, 0.15) is 5.75 Å². The van der Waals surface area contributed by atoms with Crippen LogP contribution in [-0.4, -0.2) is 4.98 Å². The Morgan fingerprint density at radius 1 is 1.28 bits per heavy atom. The summed E-state index contributed by atoms with van der Waals surface area (Å²) >= 11 is 0. The van der Waals surface area contributed by atoms with E-state index in [1.807, 2.05) is 49.5 Å². The third-order valence-electron chi connectivity index (χ3n) is 2.93. The standard InChI is InChI=1S/C15H18N2O/c1-3-14(16)13-10-17-15(9-11(13)2)18-12-7-5-4-6-8-12/h4-10,14H,3,16H2,1-2H3/t14-/m0/s1. The molecule has 3 nitrogen and oxygen atoms in total. The summed E-state index contributed by atoms with van der Waals surface area (Å²) in [5, 5.41) is 0. The zero-order chi connectivity index (χ0) is 13.0. The van der Waals surface area contributed by atoms with Crippen LogP contribution in [0.1, 0.15) is 30.5 Å². The SMILES string of the molecule is CC[C@H](N)c1cnc(Oc2ccccc2)cc1C. The zero-order valence-electron chi connectivity index (χ0n) is 10.8. The van der Waals surface area contributed by atoms with Crippen LogP contribution in [0.15, 0.2) is 42.6 Å². The molecular formula is C15H18N2O. The number of pyridine rings is 1. The van der Waals surface area contributed by atoms with Crippen molar-refractivity contribution in [1.29, 1.82) is 0 Å². The molecule has 1 atom stereocenters. The molecule has 3 heteroatoms. The Bertz CT molecular complexity index is 511. The lowest BCUT2D eigenvalue weighted by Crippen LogP contribution is -2.10. The first-order valence-corrected chi connectivity index (χ1v) is 6.15. The lowest BCUT2D eigenvalue weighted by molar-refractivity contribution is 0.461. The van der Waals surface area contributed by atoms with E-state index in [0.717, 1.165) is 23.3 Å². The van der Waals surface area contributed by atoms with E-state index in [1.165, 1.54) is 0 Å². The van der Waals surface area contributed by atoms with Gasteiger partial charge in [-0.25, -0.2) is 4.98 Å². The summed E-state index contributed by atoms with van der Waals surface area (Å²) in [5.74, 6) is 1.39. The first kappa shape index (κ1) is 12.6. The average Bonchev–Trinajstić information content (AvgIpc) is 2.39. The third kappa shape index (κ3) is 2.87. The number of aromatic nitrogens is 1. The van der Waals surface area contributed by atoms with E-state index in [1.54, 1.807) is 0 Å². The summed E-state index contributed by atoms with van der Waals surface area (Å²) in [6, 6.07) is 11.6. The highest BCUT2D eigenvalue weighted by atomic mass is 16.5. The van der Waals surface area contributed by atoms with Crippen LogP contribution in [0, 0.1) is 6.92 Å². The zero-order valence-corrected chi connectivity index (χ0v) is 10.8. The third-order valence-corrected chi connectivity index (χ3v) is 2.93. The molecular weight excluding hydrogens is 224 g/mol. The second-order valence-electron chi connectivity index (χ2n) is 4.31. The molecule has 1 heterocycles. The molecule has 0 fully saturated rings. The van der Waals surface area contributed by atoms with Gasteiger partial charge in [0.05, 0.1) is 0 Å². The minimum Gasteiger partial charge on any atom is -0.439 e. The molecule has 0 aliphatic rings. The van der Waals surface area contributed by atoms with Crippen molar-refractivity contribution in [3.63, 3.8) is 0 Å². The number of rotatable bonds is 4. The van der Waals surface area contributed by atoms with E-state index in [9.17, 15) is 0 Å². The van der Waals surface area contributed by atoms with Crippen molar-refractivity contribution in [3.05, 3.63) is 53.7 Å². The molecule has 2 aromatic rings. The lowest BCUT2D eigenvalue weighted by atomic mass is 10.0. The molecule has 0 saturated carbocycles. The van der Waals surface area contributed by atoms with Crippen molar-refractivity contribution in [1.82, 2.24) is 4.98 Å². The Hall–Kier alpha value is -1.87. The van der Waals surface area contributed by atoms with Crippen LogP contribution < -0.4 is 10.5 Å². The maximum absolute atomic E-state index is 6.02. The summed E-state index contributed by atoms with van der Waals surface area (Å²) < 4.78 is 5.68. The quantitative estimate of drug-likeness (QED) is 0.891. The van der Waals surface area contributed by atoms with E-state index in [0.29, 0.717) is 5.88 Å². The molecule has 0 unspecified atom stereocenters. The number of para-hydroxylation sites is 1. The topological polar surface area (TPSA) is 48.1 Å². The molecule has 0 bridgehead atoms. The Morgan fingerprint density at radius 3 is 2.61 bits per heavy atom. The largest absolute Gasteiger partial charge is 0.439 e. The van der Waals surface area contributed by atoms with Crippen LogP contribution in [0.3, 0.4) is 0 Å². The number of benzene rings is 1. The van der Waals surface area contributed by atoms with E-state index < -0.39 is 0 Å². The summed E-state index contributed by atoms with van der Waals surface area (Å²) in [5.41, 5.74) is 8.21. The van der Waals surface area contributed by atoms with Gasteiger partial charge < -0.3 is 10.5 Å². The van der Waals surface area contributed by atoms with Gasteiger partial charge in [-0.2, -0.15) is 0 Å². The number of nitrogens with zero attached hydrogens (tertiary/aromatic N) is 1. The van der Waals surface area contributed by atoms with Crippen LogP contribution in [0.4, 0.5) is 0 Å². The van der Waals surface area contributed by atoms with Crippen LogP contribution in [-0.2, 0) is 0 Å². The number of hydrogen-bond acceptors (Lipinski definition) is 3.